The van der Waals surface area contributed by atoms with Gasteiger partial charge in [0.05, 0.1) is 11.6 Å². The van der Waals surface area contributed by atoms with E-state index in [2.05, 4.69) is 27.0 Å². The molecule has 0 spiro atoms. The minimum atomic E-state index is -4.14. The first kappa shape index (κ1) is 22.9. The molecule has 33 heavy (non-hydrogen) atoms. The van der Waals surface area contributed by atoms with Crippen LogP contribution in [0.3, 0.4) is 0 Å². The fraction of sp³-hybridized carbons (Fsp3) is 0.0435. The summed E-state index contributed by atoms with van der Waals surface area (Å²) < 4.78 is 42.0. The lowest BCUT2D eigenvalue weighted by atomic mass is 10.1. The van der Waals surface area contributed by atoms with Crippen molar-refractivity contribution >= 4 is 60.4 Å². The van der Waals surface area contributed by atoms with Gasteiger partial charge in [0.2, 0.25) is 5.89 Å². The number of fused-ring (bicyclic) bond motifs is 1. The van der Waals surface area contributed by atoms with E-state index in [4.69, 9.17) is 24.9 Å². The fourth-order valence-electron chi connectivity index (χ4n) is 2.96. The summed E-state index contributed by atoms with van der Waals surface area (Å²) in [6.45, 7) is 0. The van der Waals surface area contributed by atoms with Crippen LogP contribution in [-0.4, -0.2) is 20.5 Å². The van der Waals surface area contributed by atoms with Crippen LogP contribution in [0.5, 0.6) is 11.5 Å². The van der Waals surface area contributed by atoms with Crippen molar-refractivity contribution in [2.24, 2.45) is 0 Å². The number of methoxy groups -OCH3 is 1. The highest BCUT2D eigenvalue weighted by Gasteiger charge is 2.22. The standard InChI is InChI=1S/C23H14BrClN2O5S/c1-30-21-12-14(10-15(13-26)23-27-19-4-2-3-5-20(19)31-23)11-18(24)22(21)32-33(28,29)17-8-6-16(25)7-9-17/h2-12H,1H3/b15-10+. The van der Waals surface area contributed by atoms with Gasteiger partial charge in [0.1, 0.15) is 22.1 Å². The van der Waals surface area contributed by atoms with Gasteiger partial charge in [-0.3, -0.25) is 0 Å². The maximum atomic E-state index is 12.7. The second kappa shape index (κ2) is 9.27. The number of hydrogen-bond acceptors (Lipinski definition) is 7. The number of benzene rings is 3. The molecule has 3 aromatic carbocycles. The maximum absolute atomic E-state index is 12.7. The monoisotopic (exact) mass is 544 g/mol. The highest BCUT2D eigenvalue weighted by Crippen LogP contribution is 2.39. The van der Waals surface area contributed by atoms with Gasteiger partial charge in [-0.1, -0.05) is 23.7 Å². The molecule has 7 nitrogen and oxygen atoms in total. The number of oxazole rings is 1. The molecule has 10 heteroatoms. The second-order valence-corrected chi connectivity index (χ2v) is 9.52. The van der Waals surface area contributed by atoms with Gasteiger partial charge in [-0.15, -0.1) is 0 Å². The number of rotatable bonds is 6. The zero-order valence-electron chi connectivity index (χ0n) is 17.0. The predicted molar refractivity (Wildman–Crippen MR) is 127 cm³/mol. The fourth-order valence-corrected chi connectivity index (χ4v) is 4.69. The molecule has 0 saturated heterocycles. The normalized spacial score (nSPS) is 11.9. The van der Waals surface area contributed by atoms with Crippen molar-refractivity contribution in [2.75, 3.05) is 7.11 Å². The van der Waals surface area contributed by atoms with Crippen molar-refractivity contribution in [3.63, 3.8) is 0 Å². The Kier molecular flexibility index (Phi) is 6.42. The number of hydrogen-bond donors (Lipinski definition) is 0. The Morgan fingerprint density at radius 3 is 2.58 bits per heavy atom. The molecule has 1 heterocycles. The van der Waals surface area contributed by atoms with Gasteiger partial charge in [-0.05, 0) is 76.1 Å². The van der Waals surface area contributed by atoms with E-state index in [0.29, 0.717) is 26.2 Å². The average Bonchev–Trinajstić information content (AvgIpc) is 3.23. The van der Waals surface area contributed by atoms with E-state index < -0.39 is 10.1 Å². The summed E-state index contributed by atoms with van der Waals surface area (Å²) in [4.78, 5) is 4.27. The molecule has 0 aliphatic heterocycles. The first-order chi connectivity index (χ1) is 15.8. The predicted octanol–water partition coefficient (Wildman–Crippen LogP) is 6.08. The summed E-state index contributed by atoms with van der Waals surface area (Å²) in [7, 11) is -2.77. The molecule has 166 valence electrons. The number of para-hydroxylation sites is 2. The molecular weight excluding hydrogens is 532 g/mol. The van der Waals surface area contributed by atoms with E-state index in [0.717, 1.165) is 0 Å². The Morgan fingerprint density at radius 2 is 1.91 bits per heavy atom. The van der Waals surface area contributed by atoms with Gasteiger partial charge in [-0.25, -0.2) is 4.98 Å². The molecular formula is C23H14BrClN2O5S. The minimum Gasteiger partial charge on any atom is -0.493 e. The van der Waals surface area contributed by atoms with Crippen LogP contribution in [0.4, 0.5) is 0 Å². The zero-order chi connectivity index (χ0) is 23.6. The Bertz CT molecular complexity index is 1490. The first-order valence-electron chi connectivity index (χ1n) is 9.36. The van der Waals surface area contributed by atoms with Crippen molar-refractivity contribution in [3.8, 4) is 17.6 Å². The molecule has 1 aromatic heterocycles. The Morgan fingerprint density at radius 1 is 1.18 bits per heavy atom. The van der Waals surface area contributed by atoms with E-state index in [1.165, 1.54) is 37.4 Å². The van der Waals surface area contributed by atoms with Crippen LogP contribution in [0.2, 0.25) is 5.02 Å². The van der Waals surface area contributed by atoms with Gasteiger partial charge in [-0.2, -0.15) is 13.7 Å². The summed E-state index contributed by atoms with van der Waals surface area (Å²) in [5, 5.41) is 10.0. The molecule has 0 N–H and O–H groups in total. The van der Waals surface area contributed by atoms with Crippen molar-refractivity contribution in [1.29, 1.82) is 5.26 Å². The summed E-state index contributed by atoms with van der Waals surface area (Å²) in [5.41, 5.74) is 1.91. The van der Waals surface area contributed by atoms with Crippen LogP contribution < -0.4 is 8.92 Å². The molecule has 0 fully saturated rings. The third kappa shape index (κ3) is 4.88. The third-order valence-corrected chi connectivity index (χ3v) is 6.58. The number of aromatic nitrogens is 1. The number of nitriles is 1. The van der Waals surface area contributed by atoms with Gasteiger partial charge < -0.3 is 13.3 Å². The largest absolute Gasteiger partial charge is 0.493 e. The van der Waals surface area contributed by atoms with Crippen molar-refractivity contribution in [3.05, 3.63) is 81.6 Å². The Balaban J connectivity index is 1.71. The van der Waals surface area contributed by atoms with Crippen LogP contribution in [0.25, 0.3) is 22.7 Å². The highest BCUT2D eigenvalue weighted by molar-refractivity contribution is 9.10. The van der Waals surface area contributed by atoms with E-state index in [1.54, 1.807) is 24.3 Å². The molecule has 0 saturated carbocycles. The molecule has 0 unspecified atom stereocenters. The smallest absolute Gasteiger partial charge is 0.339 e. The van der Waals surface area contributed by atoms with Crippen molar-refractivity contribution in [1.82, 2.24) is 4.98 Å². The molecule has 0 aliphatic carbocycles. The molecule has 4 rings (SSSR count). The number of ether oxygens (including phenoxy) is 1. The summed E-state index contributed by atoms with van der Waals surface area (Å²) in [6.07, 6.45) is 1.55. The average molecular weight is 546 g/mol. The van der Waals surface area contributed by atoms with Gasteiger partial charge in [0.15, 0.2) is 17.1 Å². The maximum Gasteiger partial charge on any atom is 0.339 e. The van der Waals surface area contributed by atoms with Crippen molar-refractivity contribution < 1.29 is 21.8 Å². The van der Waals surface area contributed by atoms with Gasteiger partial charge in [0.25, 0.3) is 0 Å². The second-order valence-electron chi connectivity index (χ2n) is 6.68. The van der Waals surface area contributed by atoms with E-state index in [9.17, 15) is 13.7 Å². The van der Waals surface area contributed by atoms with Crippen LogP contribution in [-0.2, 0) is 10.1 Å². The van der Waals surface area contributed by atoms with Crippen LogP contribution in [0.15, 0.2) is 74.4 Å². The third-order valence-electron chi connectivity index (χ3n) is 4.50. The van der Waals surface area contributed by atoms with E-state index >= 15 is 0 Å². The molecule has 0 bridgehead atoms. The minimum absolute atomic E-state index is 0.0371. The Hall–Kier alpha value is -3.32. The molecule has 0 radical (unpaired) electrons. The van der Waals surface area contributed by atoms with Gasteiger partial charge >= 0.3 is 10.1 Å². The molecule has 0 amide bonds. The quantitative estimate of drug-likeness (QED) is 0.213. The topological polar surface area (TPSA) is 102 Å². The van der Waals surface area contributed by atoms with E-state index in [-0.39, 0.29) is 27.9 Å². The number of halogens is 2. The lowest BCUT2D eigenvalue weighted by Crippen LogP contribution is -2.11. The number of nitrogens with zero attached hydrogens (tertiary/aromatic N) is 2. The number of allylic oxidation sites excluding steroid dienone is 1. The first-order valence-corrected chi connectivity index (χ1v) is 11.9. The SMILES string of the molecule is COc1cc(/C=C(\C#N)c2nc3ccccc3o2)cc(Br)c1OS(=O)(=O)c1ccc(Cl)cc1. The summed E-state index contributed by atoms with van der Waals surface area (Å²) in [5.74, 6) is 0.271. The van der Waals surface area contributed by atoms with Crippen LogP contribution >= 0.6 is 27.5 Å². The van der Waals surface area contributed by atoms with Crippen LogP contribution in [0.1, 0.15) is 11.5 Å². The molecule has 0 atom stereocenters. The van der Waals surface area contributed by atoms with E-state index in [1.807, 2.05) is 12.1 Å². The molecule has 0 aliphatic rings. The summed E-state index contributed by atoms with van der Waals surface area (Å²) >= 11 is 9.16. The van der Waals surface area contributed by atoms with Gasteiger partial charge in [0, 0.05) is 5.02 Å². The lowest BCUT2D eigenvalue weighted by Gasteiger charge is -2.13. The molecule has 4 aromatic rings. The van der Waals surface area contributed by atoms with Crippen molar-refractivity contribution in [2.45, 2.75) is 4.90 Å². The zero-order valence-corrected chi connectivity index (χ0v) is 20.1. The lowest BCUT2D eigenvalue weighted by molar-refractivity contribution is 0.389. The van der Waals surface area contributed by atoms with Crippen LogP contribution in [0, 0.1) is 11.3 Å². The highest BCUT2D eigenvalue weighted by atomic mass is 79.9. The summed E-state index contributed by atoms with van der Waals surface area (Å²) in [6, 6.07) is 18.0. The Labute approximate surface area is 203 Å².